The van der Waals surface area contributed by atoms with Gasteiger partial charge in [-0.2, -0.15) is 0 Å². The van der Waals surface area contributed by atoms with Crippen LogP contribution in [0.4, 0.5) is 5.69 Å². The van der Waals surface area contributed by atoms with Crippen LogP contribution < -0.4 is 9.64 Å². The van der Waals surface area contributed by atoms with Crippen molar-refractivity contribution >= 4 is 11.6 Å². The number of amides is 1. The molecule has 21 heavy (non-hydrogen) atoms. The molecule has 1 saturated carbocycles. The van der Waals surface area contributed by atoms with Crippen LogP contribution in [-0.4, -0.2) is 42.6 Å². The Morgan fingerprint density at radius 3 is 2.76 bits per heavy atom. The largest absolute Gasteiger partial charge is 0.487 e. The highest BCUT2D eigenvalue weighted by Gasteiger charge is 2.44. The van der Waals surface area contributed by atoms with Crippen LogP contribution in [0, 0.1) is 0 Å². The number of nitrogens with zero attached hydrogens (tertiary/aromatic N) is 2. The minimum atomic E-state index is -0.00328. The summed E-state index contributed by atoms with van der Waals surface area (Å²) in [5.74, 6) is 1.06. The van der Waals surface area contributed by atoms with Crippen LogP contribution in [0.3, 0.4) is 0 Å². The SMILES string of the molecule is CN1C(=O)[C@@H]2C[C@@H](CN2C2CCCC2)Oc2ccccc21. The molecule has 0 radical (unpaired) electrons. The third-order valence-corrected chi connectivity index (χ3v) is 5.23. The van der Waals surface area contributed by atoms with Gasteiger partial charge in [-0.25, -0.2) is 0 Å². The smallest absolute Gasteiger partial charge is 0.244 e. The van der Waals surface area contributed by atoms with Gasteiger partial charge in [0.25, 0.3) is 0 Å². The van der Waals surface area contributed by atoms with Crippen LogP contribution in [0.5, 0.6) is 5.75 Å². The third-order valence-electron chi connectivity index (χ3n) is 5.23. The molecule has 1 amide bonds. The van der Waals surface area contributed by atoms with Crippen molar-refractivity contribution in [1.29, 1.82) is 0 Å². The average Bonchev–Trinajstić information content (AvgIpc) is 3.14. The minimum Gasteiger partial charge on any atom is -0.487 e. The summed E-state index contributed by atoms with van der Waals surface area (Å²) in [5, 5.41) is 0. The van der Waals surface area contributed by atoms with Crippen molar-refractivity contribution in [3.05, 3.63) is 24.3 Å². The molecular formula is C17H22N2O2. The van der Waals surface area contributed by atoms with E-state index in [0.29, 0.717) is 6.04 Å². The van der Waals surface area contributed by atoms with Gasteiger partial charge >= 0.3 is 0 Å². The van der Waals surface area contributed by atoms with Crippen LogP contribution in [0.25, 0.3) is 0 Å². The predicted molar refractivity (Wildman–Crippen MR) is 81.6 cm³/mol. The van der Waals surface area contributed by atoms with Crippen molar-refractivity contribution in [2.24, 2.45) is 0 Å². The second kappa shape index (κ2) is 5.02. The number of likely N-dealkylation sites (tertiary alicyclic amines) is 1. The molecule has 0 spiro atoms. The van der Waals surface area contributed by atoms with Gasteiger partial charge in [0.15, 0.2) is 0 Å². The number of anilines is 1. The van der Waals surface area contributed by atoms with Gasteiger partial charge in [0, 0.05) is 26.1 Å². The number of hydrogen-bond acceptors (Lipinski definition) is 3. The molecule has 2 heterocycles. The summed E-state index contributed by atoms with van der Waals surface area (Å²) >= 11 is 0. The standard InChI is InChI=1S/C17H22N2O2/c1-18-14-8-4-5-9-16(14)21-13-10-15(17(18)20)19(11-13)12-6-2-3-7-12/h4-5,8-9,12-13,15H,2-3,6-7,10-11H2,1H3/t13-,15-/m0/s1. The number of carbonyl (C=O) groups is 1. The van der Waals surface area contributed by atoms with E-state index >= 15 is 0 Å². The molecule has 2 aliphatic heterocycles. The summed E-state index contributed by atoms with van der Waals surface area (Å²) in [5.41, 5.74) is 0.894. The zero-order valence-corrected chi connectivity index (χ0v) is 12.5. The van der Waals surface area contributed by atoms with E-state index in [2.05, 4.69) is 4.90 Å². The van der Waals surface area contributed by atoms with Crippen molar-refractivity contribution in [1.82, 2.24) is 4.90 Å². The molecule has 1 saturated heterocycles. The molecule has 4 nitrogen and oxygen atoms in total. The molecule has 2 bridgehead atoms. The topological polar surface area (TPSA) is 32.8 Å². The number of fused-ring (bicyclic) bond motifs is 3. The number of rotatable bonds is 1. The fourth-order valence-corrected chi connectivity index (χ4v) is 4.14. The van der Waals surface area contributed by atoms with Gasteiger partial charge in [-0.3, -0.25) is 9.69 Å². The van der Waals surface area contributed by atoms with Crippen molar-refractivity contribution in [3.8, 4) is 5.75 Å². The van der Waals surface area contributed by atoms with Gasteiger partial charge in [-0.1, -0.05) is 25.0 Å². The Hall–Kier alpha value is -1.55. The van der Waals surface area contributed by atoms with E-state index in [0.717, 1.165) is 24.4 Å². The molecule has 4 heteroatoms. The molecule has 3 aliphatic rings. The Morgan fingerprint density at radius 2 is 1.95 bits per heavy atom. The average molecular weight is 286 g/mol. The van der Waals surface area contributed by atoms with Crippen molar-refractivity contribution in [2.75, 3.05) is 18.5 Å². The first-order chi connectivity index (χ1) is 10.2. The lowest BCUT2D eigenvalue weighted by molar-refractivity contribution is -0.123. The highest BCUT2D eigenvalue weighted by molar-refractivity contribution is 5.98. The number of likely N-dealkylation sites (N-methyl/N-ethyl adjacent to an activating group) is 1. The molecule has 2 atom stereocenters. The summed E-state index contributed by atoms with van der Waals surface area (Å²) in [6.07, 6.45) is 6.02. The van der Waals surface area contributed by atoms with Gasteiger partial charge < -0.3 is 9.64 Å². The highest BCUT2D eigenvalue weighted by atomic mass is 16.5. The lowest BCUT2D eigenvalue weighted by atomic mass is 10.1. The molecule has 0 aromatic heterocycles. The van der Waals surface area contributed by atoms with Gasteiger partial charge in [-0.05, 0) is 25.0 Å². The van der Waals surface area contributed by atoms with E-state index in [4.69, 9.17) is 4.74 Å². The lowest BCUT2D eigenvalue weighted by Crippen LogP contribution is -2.47. The Morgan fingerprint density at radius 1 is 1.19 bits per heavy atom. The monoisotopic (exact) mass is 286 g/mol. The summed E-state index contributed by atoms with van der Waals surface area (Å²) in [6, 6.07) is 8.44. The van der Waals surface area contributed by atoms with Crippen LogP contribution in [0.2, 0.25) is 0 Å². The Kier molecular flexibility index (Phi) is 3.14. The fraction of sp³-hybridized carbons (Fsp3) is 0.588. The molecule has 1 aromatic rings. The zero-order chi connectivity index (χ0) is 14.4. The summed E-state index contributed by atoms with van der Waals surface area (Å²) < 4.78 is 6.20. The first-order valence-corrected chi connectivity index (χ1v) is 8.03. The molecule has 0 unspecified atom stereocenters. The van der Waals surface area contributed by atoms with Crippen molar-refractivity contribution < 1.29 is 9.53 Å². The fourth-order valence-electron chi connectivity index (χ4n) is 4.14. The molecular weight excluding hydrogens is 264 g/mol. The van der Waals surface area contributed by atoms with Gasteiger partial charge in [0.1, 0.15) is 11.9 Å². The highest BCUT2D eigenvalue weighted by Crippen LogP contribution is 2.38. The van der Waals surface area contributed by atoms with E-state index in [9.17, 15) is 4.79 Å². The molecule has 112 valence electrons. The van der Waals surface area contributed by atoms with E-state index in [1.54, 1.807) is 4.90 Å². The van der Waals surface area contributed by atoms with Crippen molar-refractivity contribution in [3.63, 3.8) is 0 Å². The van der Waals surface area contributed by atoms with E-state index in [1.807, 2.05) is 31.3 Å². The maximum Gasteiger partial charge on any atom is 0.244 e. The van der Waals surface area contributed by atoms with E-state index in [-0.39, 0.29) is 18.1 Å². The summed E-state index contributed by atoms with van der Waals surface area (Å²) in [6.45, 7) is 0.892. The normalized spacial score (nSPS) is 30.0. The second-order valence-electron chi connectivity index (χ2n) is 6.49. The maximum atomic E-state index is 12.9. The van der Waals surface area contributed by atoms with Gasteiger partial charge in [-0.15, -0.1) is 0 Å². The minimum absolute atomic E-state index is 0.00328. The summed E-state index contributed by atoms with van der Waals surface area (Å²) in [4.78, 5) is 17.1. The zero-order valence-electron chi connectivity index (χ0n) is 12.5. The van der Waals surface area contributed by atoms with Gasteiger partial charge in [0.05, 0.1) is 11.7 Å². The third kappa shape index (κ3) is 2.13. The maximum absolute atomic E-state index is 12.9. The Balaban J connectivity index is 1.68. The molecule has 0 N–H and O–H groups in total. The van der Waals surface area contributed by atoms with Crippen LogP contribution in [-0.2, 0) is 4.79 Å². The Labute approximate surface area is 125 Å². The van der Waals surface area contributed by atoms with Crippen LogP contribution >= 0.6 is 0 Å². The van der Waals surface area contributed by atoms with Gasteiger partial charge in [0.2, 0.25) is 5.91 Å². The number of benzene rings is 1. The second-order valence-corrected chi connectivity index (χ2v) is 6.49. The molecule has 1 aromatic carbocycles. The molecule has 2 fully saturated rings. The van der Waals surface area contributed by atoms with Crippen LogP contribution in [0.1, 0.15) is 32.1 Å². The quantitative estimate of drug-likeness (QED) is 0.795. The number of para-hydroxylation sites is 2. The number of hydrogen-bond donors (Lipinski definition) is 0. The van der Waals surface area contributed by atoms with Crippen LogP contribution in [0.15, 0.2) is 24.3 Å². The molecule has 1 aliphatic carbocycles. The lowest BCUT2D eigenvalue weighted by Gasteiger charge is -2.32. The first-order valence-electron chi connectivity index (χ1n) is 8.03. The predicted octanol–water partition coefficient (Wildman–Crippen LogP) is 2.43. The Bertz CT molecular complexity index is 553. The van der Waals surface area contributed by atoms with E-state index in [1.165, 1.54) is 25.7 Å². The number of carbonyl (C=O) groups excluding carboxylic acids is 1. The van der Waals surface area contributed by atoms with E-state index < -0.39 is 0 Å². The van der Waals surface area contributed by atoms with Crippen molar-refractivity contribution in [2.45, 2.75) is 50.3 Å². The first kappa shape index (κ1) is 13.1. The molecule has 4 rings (SSSR count). The number of ether oxygens (including phenoxy) is 1. The summed E-state index contributed by atoms with van der Waals surface area (Å²) in [7, 11) is 1.87.